The van der Waals surface area contributed by atoms with E-state index >= 15 is 0 Å². The lowest BCUT2D eigenvalue weighted by molar-refractivity contribution is -0.146. The number of esters is 1. The number of ether oxygens (including phenoxy) is 1. The monoisotopic (exact) mass is 294 g/mol. The molecule has 2 rings (SSSR count). The summed E-state index contributed by atoms with van der Waals surface area (Å²) in [5.41, 5.74) is 0.900. The van der Waals surface area contributed by atoms with Crippen molar-refractivity contribution in [2.45, 2.75) is 33.1 Å². The first-order valence-electron chi connectivity index (χ1n) is 6.64. The van der Waals surface area contributed by atoms with E-state index in [1.165, 1.54) is 0 Å². The number of carbonyl (C=O) groups is 1. The summed E-state index contributed by atoms with van der Waals surface area (Å²) in [4.78, 5) is 16.4. The van der Waals surface area contributed by atoms with Crippen molar-refractivity contribution in [2.75, 3.05) is 6.61 Å². The van der Waals surface area contributed by atoms with E-state index in [1.807, 2.05) is 30.7 Å². The van der Waals surface area contributed by atoms with Crippen LogP contribution in [0.2, 0.25) is 0 Å². The van der Waals surface area contributed by atoms with E-state index in [-0.39, 0.29) is 5.97 Å². The number of carbonyl (C=O) groups excluding carboxylic acids is 1. The van der Waals surface area contributed by atoms with Gasteiger partial charge in [-0.15, -0.1) is 0 Å². The molecule has 2 aromatic rings. The molecule has 2 heterocycles. The van der Waals surface area contributed by atoms with Gasteiger partial charge in [-0.05, 0) is 30.7 Å². The number of thiophene rings is 1. The van der Waals surface area contributed by atoms with Crippen LogP contribution in [-0.2, 0) is 9.53 Å². The maximum absolute atomic E-state index is 12.0. The third-order valence-corrected chi connectivity index (χ3v) is 3.48. The molecule has 0 fully saturated rings. The van der Waals surface area contributed by atoms with Crippen LogP contribution < -0.4 is 0 Å². The van der Waals surface area contributed by atoms with E-state index in [1.54, 1.807) is 18.3 Å². The Bertz CT molecular complexity index is 549. The standard InChI is InChI=1S/C14H18N2O3S/c1-4-18-14(17)11(7-9(2)3)13-15-12(16-19-13)10-5-6-20-8-10/h5-6,8-9,11H,4,7H2,1-3H3. The zero-order valence-corrected chi connectivity index (χ0v) is 12.6. The number of aromatic nitrogens is 2. The summed E-state index contributed by atoms with van der Waals surface area (Å²) in [5.74, 6) is 0.384. The van der Waals surface area contributed by atoms with Gasteiger partial charge in [0.1, 0.15) is 5.92 Å². The van der Waals surface area contributed by atoms with Gasteiger partial charge in [0.25, 0.3) is 0 Å². The lowest BCUT2D eigenvalue weighted by Gasteiger charge is -2.13. The number of nitrogens with zero attached hydrogens (tertiary/aromatic N) is 2. The molecule has 0 spiro atoms. The molecular weight excluding hydrogens is 276 g/mol. The van der Waals surface area contributed by atoms with E-state index in [9.17, 15) is 4.79 Å². The van der Waals surface area contributed by atoms with Gasteiger partial charge in [-0.1, -0.05) is 19.0 Å². The van der Waals surface area contributed by atoms with E-state index in [4.69, 9.17) is 9.26 Å². The van der Waals surface area contributed by atoms with Crippen LogP contribution in [-0.4, -0.2) is 22.7 Å². The van der Waals surface area contributed by atoms with Crippen LogP contribution in [0, 0.1) is 5.92 Å². The Morgan fingerprint density at radius 1 is 1.50 bits per heavy atom. The summed E-state index contributed by atoms with van der Waals surface area (Å²) in [7, 11) is 0. The number of hydrogen-bond acceptors (Lipinski definition) is 6. The second-order valence-corrected chi connectivity index (χ2v) is 5.68. The summed E-state index contributed by atoms with van der Waals surface area (Å²) >= 11 is 1.56. The summed E-state index contributed by atoms with van der Waals surface area (Å²) in [5, 5.41) is 7.83. The molecule has 1 atom stereocenters. The minimum atomic E-state index is -0.491. The van der Waals surface area contributed by atoms with Gasteiger partial charge in [0, 0.05) is 10.9 Å². The lowest BCUT2D eigenvalue weighted by atomic mass is 9.97. The molecule has 0 saturated heterocycles. The summed E-state index contributed by atoms with van der Waals surface area (Å²) in [6, 6.07) is 1.92. The molecule has 20 heavy (non-hydrogen) atoms. The molecular formula is C14H18N2O3S. The molecule has 1 unspecified atom stereocenters. The molecule has 0 aliphatic heterocycles. The highest BCUT2D eigenvalue weighted by Gasteiger charge is 2.29. The SMILES string of the molecule is CCOC(=O)C(CC(C)C)c1nc(-c2ccsc2)no1. The molecule has 0 saturated carbocycles. The van der Waals surface area contributed by atoms with Crippen molar-refractivity contribution in [1.29, 1.82) is 0 Å². The second kappa shape index (κ2) is 6.65. The molecule has 0 radical (unpaired) electrons. The highest BCUT2D eigenvalue weighted by atomic mass is 32.1. The molecule has 0 aromatic carbocycles. The zero-order chi connectivity index (χ0) is 14.5. The largest absolute Gasteiger partial charge is 0.465 e. The Hall–Kier alpha value is -1.69. The van der Waals surface area contributed by atoms with Crippen LogP contribution in [0.5, 0.6) is 0 Å². The van der Waals surface area contributed by atoms with Crippen LogP contribution >= 0.6 is 11.3 Å². The van der Waals surface area contributed by atoms with Crippen molar-refractivity contribution in [3.8, 4) is 11.4 Å². The fraction of sp³-hybridized carbons (Fsp3) is 0.500. The maximum Gasteiger partial charge on any atom is 0.318 e. The Morgan fingerprint density at radius 3 is 2.90 bits per heavy atom. The third-order valence-electron chi connectivity index (χ3n) is 2.80. The van der Waals surface area contributed by atoms with Crippen molar-refractivity contribution in [3.05, 3.63) is 22.7 Å². The highest BCUT2D eigenvalue weighted by molar-refractivity contribution is 7.08. The van der Waals surface area contributed by atoms with E-state index < -0.39 is 5.92 Å². The van der Waals surface area contributed by atoms with Crippen LogP contribution in [0.4, 0.5) is 0 Å². The van der Waals surface area contributed by atoms with Gasteiger partial charge < -0.3 is 9.26 Å². The topological polar surface area (TPSA) is 65.2 Å². The van der Waals surface area contributed by atoms with Crippen LogP contribution in [0.25, 0.3) is 11.4 Å². The average molecular weight is 294 g/mol. The molecule has 5 nitrogen and oxygen atoms in total. The average Bonchev–Trinajstić information content (AvgIpc) is 3.06. The van der Waals surface area contributed by atoms with E-state index in [0.29, 0.717) is 30.7 Å². The van der Waals surface area contributed by atoms with Gasteiger partial charge in [0.15, 0.2) is 0 Å². The first kappa shape index (κ1) is 14.7. The number of rotatable bonds is 6. The quantitative estimate of drug-likeness (QED) is 0.763. The van der Waals surface area contributed by atoms with Crippen molar-refractivity contribution in [2.24, 2.45) is 5.92 Å². The lowest BCUT2D eigenvalue weighted by Crippen LogP contribution is -2.18. The van der Waals surface area contributed by atoms with Crippen LogP contribution in [0.15, 0.2) is 21.3 Å². The fourth-order valence-electron chi connectivity index (χ4n) is 1.90. The second-order valence-electron chi connectivity index (χ2n) is 4.90. The summed E-state index contributed by atoms with van der Waals surface area (Å²) in [6.07, 6.45) is 0.629. The molecule has 2 aromatic heterocycles. The Morgan fingerprint density at radius 2 is 2.30 bits per heavy atom. The first-order chi connectivity index (χ1) is 9.61. The van der Waals surface area contributed by atoms with Crippen LogP contribution in [0.1, 0.15) is 39.0 Å². The van der Waals surface area contributed by atoms with Crippen molar-refractivity contribution < 1.29 is 14.1 Å². The predicted octanol–water partition coefficient (Wildman–Crippen LogP) is 3.49. The van der Waals surface area contributed by atoms with Gasteiger partial charge >= 0.3 is 5.97 Å². The normalized spacial score (nSPS) is 12.6. The van der Waals surface area contributed by atoms with Gasteiger partial charge in [-0.2, -0.15) is 16.3 Å². The maximum atomic E-state index is 12.0. The Labute approximate surface area is 122 Å². The van der Waals surface area contributed by atoms with Crippen molar-refractivity contribution in [3.63, 3.8) is 0 Å². The molecule has 0 amide bonds. The molecule has 108 valence electrons. The molecule has 6 heteroatoms. The summed E-state index contributed by atoms with van der Waals surface area (Å²) in [6.45, 7) is 6.22. The number of hydrogen-bond donors (Lipinski definition) is 0. The minimum Gasteiger partial charge on any atom is -0.465 e. The summed E-state index contributed by atoms with van der Waals surface area (Å²) < 4.78 is 10.4. The van der Waals surface area contributed by atoms with Gasteiger partial charge in [0.05, 0.1) is 6.61 Å². The van der Waals surface area contributed by atoms with E-state index in [0.717, 1.165) is 5.56 Å². The molecule has 0 bridgehead atoms. The Kier molecular flexibility index (Phi) is 4.89. The smallest absolute Gasteiger partial charge is 0.318 e. The van der Waals surface area contributed by atoms with Crippen molar-refractivity contribution >= 4 is 17.3 Å². The van der Waals surface area contributed by atoms with Gasteiger partial charge in [-0.25, -0.2) is 0 Å². The first-order valence-corrected chi connectivity index (χ1v) is 7.58. The minimum absolute atomic E-state index is 0.304. The predicted molar refractivity (Wildman–Crippen MR) is 76.4 cm³/mol. The molecule has 0 aliphatic rings. The molecule has 0 N–H and O–H groups in total. The molecule has 0 aliphatic carbocycles. The Balaban J connectivity index is 2.22. The van der Waals surface area contributed by atoms with E-state index in [2.05, 4.69) is 10.1 Å². The van der Waals surface area contributed by atoms with Crippen LogP contribution in [0.3, 0.4) is 0 Å². The fourth-order valence-corrected chi connectivity index (χ4v) is 2.53. The zero-order valence-electron chi connectivity index (χ0n) is 11.8. The highest BCUT2D eigenvalue weighted by Crippen LogP contribution is 2.27. The van der Waals surface area contributed by atoms with Gasteiger partial charge in [0.2, 0.25) is 11.7 Å². The van der Waals surface area contributed by atoms with Crippen molar-refractivity contribution in [1.82, 2.24) is 10.1 Å². The van der Waals surface area contributed by atoms with Gasteiger partial charge in [-0.3, -0.25) is 4.79 Å². The third kappa shape index (κ3) is 3.45.